The van der Waals surface area contributed by atoms with E-state index in [0.717, 1.165) is 22.1 Å². The summed E-state index contributed by atoms with van der Waals surface area (Å²) in [4.78, 5) is 12.7. The lowest BCUT2D eigenvalue weighted by Gasteiger charge is -2.09. The van der Waals surface area contributed by atoms with Gasteiger partial charge >= 0.3 is 0 Å². The third kappa shape index (κ3) is 3.15. The molecule has 0 spiro atoms. The molecule has 0 heterocycles. The van der Waals surface area contributed by atoms with Gasteiger partial charge in [-0.2, -0.15) is 0 Å². The van der Waals surface area contributed by atoms with E-state index in [1.54, 1.807) is 26.4 Å². The molecule has 0 aliphatic carbocycles. The van der Waals surface area contributed by atoms with Gasteiger partial charge < -0.3 is 9.47 Å². The fourth-order valence-corrected chi connectivity index (χ4v) is 2.65. The Labute approximate surface area is 141 Å². The van der Waals surface area contributed by atoms with Crippen LogP contribution in [0.25, 0.3) is 16.8 Å². The van der Waals surface area contributed by atoms with Crippen LogP contribution in [-0.4, -0.2) is 20.0 Å². The van der Waals surface area contributed by atoms with E-state index in [9.17, 15) is 4.79 Å². The second kappa shape index (κ2) is 7.01. The molecule has 120 valence electrons. The molecule has 24 heavy (non-hydrogen) atoms. The second-order valence-corrected chi connectivity index (χ2v) is 5.33. The van der Waals surface area contributed by atoms with Crippen molar-refractivity contribution in [1.82, 2.24) is 0 Å². The normalized spacial score (nSPS) is 10.9. The number of carbonyl (C=O) groups is 1. The minimum absolute atomic E-state index is 0.0838. The first kappa shape index (κ1) is 15.8. The first-order chi connectivity index (χ1) is 11.7. The molecule has 3 heteroatoms. The van der Waals surface area contributed by atoms with Crippen LogP contribution in [0.1, 0.15) is 15.9 Å². The van der Waals surface area contributed by atoms with E-state index in [4.69, 9.17) is 9.47 Å². The van der Waals surface area contributed by atoms with Crippen LogP contribution >= 0.6 is 0 Å². The van der Waals surface area contributed by atoms with Crippen LogP contribution in [-0.2, 0) is 0 Å². The van der Waals surface area contributed by atoms with Crippen LogP contribution in [0.5, 0.6) is 11.5 Å². The summed E-state index contributed by atoms with van der Waals surface area (Å²) in [6, 6.07) is 19.1. The molecule has 0 fully saturated rings. The second-order valence-electron chi connectivity index (χ2n) is 5.33. The van der Waals surface area contributed by atoms with Crippen molar-refractivity contribution in [3.63, 3.8) is 0 Å². The van der Waals surface area contributed by atoms with Crippen molar-refractivity contribution < 1.29 is 14.3 Å². The summed E-state index contributed by atoms with van der Waals surface area (Å²) in [5.74, 6) is 1.28. The Hall–Kier alpha value is -3.07. The number of rotatable bonds is 5. The van der Waals surface area contributed by atoms with E-state index >= 15 is 0 Å². The van der Waals surface area contributed by atoms with Crippen molar-refractivity contribution in [2.24, 2.45) is 0 Å². The van der Waals surface area contributed by atoms with Gasteiger partial charge in [-0.05, 0) is 40.6 Å². The first-order valence-corrected chi connectivity index (χ1v) is 7.65. The van der Waals surface area contributed by atoms with Crippen molar-refractivity contribution >= 4 is 22.6 Å². The number of carbonyl (C=O) groups excluding carboxylic acids is 1. The molecule has 0 unspecified atom stereocenters. The van der Waals surface area contributed by atoms with Gasteiger partial charge in [-0.25, -0.2) is 0 Å². The van der Waals surface area contributed by atoms with Gasteiger partial charge in [0.15, 0.2) is 5.78 Å². The summed E-state index contributed by atoms with van der Waals surface area (Å²) in [5.41, 5.74) is 1.52. The molecule has 3 aromatic rings. The number of benzene rings is 3. The van der Waals surface area contributed by atoms with Crippen LogP contribution in [0, 0.1) is 0 Å². The summed E-state index contributed by atoms with van der Waals surface area (Å²) in [5, 5.41) is 1.90. The third-order valence-corrected chi connectivity index (χ3v) is 3.90. The molecule has 0 aliphatic rings. The largest absolute Gasteiger partial charge is 0.497 e. The number of ketones is 1. The average Bonchev–Trinajstić information content (AvgIpc) is 2.65. The molecule has 3 nitrogen and oxygen atoms in total. The Bertz CT molecular complexity index is 893. The highest BCUT2D eigenvalue weighted by Crippen LogP contribution is 2.28. The van der Waals surface area contributed by atoms with Gasteiger partial charge in [0.25, 0.3) is 0 Å². The summed E-state index contributed by atoms with van der Waals surface area (Å²) in [6.07, 6.45) is 3.37. The molecule has 0 radical (unpaired) electrons. The summed E-state index contributed by atoms with van der Waals surface area (Å²) in [7, 11) is 3.20. The predicted octanol–water partition coefficient (Wildman–Crippen LogP) is 4.75. The Kier molecular flexibility index (Phi) is 4.62. The minimum atomic E-state index is -0.0838. The van der Waals surface area contributed by atoms with Crippen LogP contribution in [0.3, 0.4) is 0 Å². The highest BCUT2D eigenvalue weighted by Gasteiger charge is 2.13. The number of methoxy groups -OCH3 is 2. The van der Waals surface area contributed by atoms with Crippen molar-refractivity contribution in [1.29, 1.82) is 0 Å². The molecule has 0 N–H and O–H groups in total. The van der Waals surface area contributed by atoms with Gasteiger partial charge in [0, 0.05) is 0 Å². The average molecular weight is 318 g/mol. The highest BCUT2D eigenvalue weighted by molar-refractivity contribution is 6.16. The smallest absolute Gasteiger partial charge is 0.190 e. The summed E-state index contributed by atoms with van der Waals surface area (Å²) >= 11 is 0. The zero-order valence-corrected chi connectivity index (χ0v) is 13.7. The van der Waals surface area contributed by atoms with Gasteiger partial charge in [0.2, 0.25) is 0 Å². The van der Waals surface area contributed by atoms with Crippen molar-refractivity contribution in [3.05, 3.63) is 77.9 Å². The van der Waals surface area contributed by atoms with E-state index in [1.165, 1.54) is 0 Å². The molecule has 0 saturated carbocycles. The Morgan fingerprint density at radius 1 is 0.875 bits per heavy atom. The zero-order valence-electron chi connectivity index (χ0n) is 13.7. The lowest BCUT2D eigenvalue weighted by Crippen LogP contribution is -2.00. The highest BCUT2D eigenvalue weighted by atomic mass is 16.5. The van der Waals surface area contributed by atoms with Gasteiger partial charge in [0.1, 0.15) is 11.5 Å². The zero-order chi connectivity index (χ0) is 16.9. The number of ether oxygens (including phenoxy) is 2. The van der Waals surface area contributed by atoms with Crippen LogP contribution < -0.4 is 9.47 Å². The minimum Gasteiger partial charge on any atom is -0.497 e. The fourth-order valence-electron chi connectivity index (χ4n) is 2.65. The van der Waals surface area contributed by atoms with E-state index in [2.05, 4.69) is 0 Å². The molecule has 0 aromatic heterocycles. The van der Waals surface area contributed by atoms with Gasteiger partial charge in [-0.15, -0.1) is 0 Å². The number of fused-ring (bicyclic) bond motifs is 1. The Morgan fingerprint density at radius 2 is 1.62 bits per heavy atom. The SMILES string of the molecule is COc1ccc(/C=C/C(=O)c2c(OC)ccc3ccccc23)cc1. The summed E-state index contributed by atoms with van der Waals surface area (Å²) in [6.45, 7) is 0. The van der Waals surface area contributed by atoms with Crippen molar-refractivity contribution in [2.75, 3.05) is 14.2 Å². The van der Waals surface area contributed by atoms with E-state index in [-0.39, 0.29) is 5.78 Å². The lowest BCUT2D eigenvalue weighted by molar-refractivity contribution is 0.104. The Balaban J connectivity index is 1.96. The third-order valence-electron chi connectivity index (χ3n) is 3.90. The van der Waals surface area contributed by atoms with E-state index < -0.39 is 0 Å². The number of hydrogen-bond acceptors (Lipinski definition) is 3. The molecule has 0 atom stereocenters. The van der Waals surface area contributed by atoms with Crippen LogP contribution in [0.4, 0.5) is 0 Å². The number of hydrogen-bond donors (Lipinski definition) is 0. The molecular weight excluding hydrogens is 300 g/mol. The first-order valence-electron chi connectivity index (χ1n) is 7.65. The maximum Gasteiger partial charge on any atom is 0.190 e. The number of allylic oxidation sites excluding steroid dienone is 1. The van der Waals surface area contributed by atoms with E-state index in [0.29, 0.717) is 11.3 Å². The van der Waals surface area contributed by atoms with Gasteiger partial charge in [-0.1, -0.05) is 48.5 Å². The molecule has 3 aromatic carbocycles. The topological polar surface area (TPSA) is 35.5 Å². The molecule has 0 saturated heterocycles. The van der Waals surface area contributed by atoms with Crippen molar-refractivity contribution in [3.8, 4) is 11.5 Å². The Morgan fingerprint density at radius 3 is 2.33 bits per heavy atom. The van der Waals surface area contributed by atoms with Crippen LogP contribution in [0.2, 0.25) is 0 Å². The summed E-state index contributed by atoms with van der Waals surface area (Å²) < 4.78 is 10.5. The maximum atomic E-state index is 12.7. The molecule has 0 aliphatic heterocycles. The monoisotopic (exact) mass is 318 g/mol. The van der Waals surface area contributed by atoms with Crippen molar-refractivity contribution in [2.45, 2.75) is 0 Å². The molecular formula is C21H18O3. The lowest BCUT2D eigenvalue weighted by atomic mass is 9.99. The van der Waals surface area contributed by atoms with Gasteiger partial charge in [0.05, 0.1) is 19.8 Å². The van der Waals surface area contributed by atoms with Gasteiger partial charge in [-0.3, -0.25) is 4.79 Å². The standard InChI is InChI=1S/C21H18O3/c1-23-17-11-7-15(8-12-17)9-13-19(22)21-18-6-4-3-5-16(18)10-14-20(21)24-2/h3-14H,1-2H3/b13-9+. The molecule has 0 amide bonds. The maximum absolute atomic E-state index is 12.7. The van der Waals surface area contributed by atoms with E-state index in [1.807, 2.05) is 60.7 Å². The molecule has 3 rings (SSSR count). The molecule has 0 bridgehead atoms. The fraction of sp³-hybridized carbons (Fsp3) is 0.0952. The predicted molar refractivity (Wildman–Crippen MR) is 96.9 cm³/mol. The van der Waals surface area contributed by atoms with Crippen LogP contribution in [0.15, 0.2) is 66.7 Å². The quantitative estimate of drug-likeness (QED) is 0.503.